The van der Waals surface area contributed by atoms with Crippen LogP contribution in [0.2, 0.25) is 0 Å². The van der Waals surface area contributed by atoms with Gasteiger partial charge in [0.25, 0.3) is 0 Å². The Balaban J connectivity index is 1.71. The lowest BCUT2D eigenvalue weighted by molar-refractivity contribution is 0.173. The van der Waals surface area contributed by atoms with Gasteiger partial charge in [-0.2, -0.15) is 0 Å². The Hall–Kier alpha value is -1.82. The lowest BCUT2D eigenvalue weighted by Gasteiger charge is -2.34. The van der Waals surface area contributed by atoms with Crippen LogP contribution < -0.4 is 15.5 Å². The highest BCUT2D eigenvalue weighted by Gasteiger charge is 2.21. The topological polar surface area (TPSA) is 55.8 Å². The van der Waals surface area contributed by atoms with E-state index in [0.29, 0.717) is 18.1 Å². The largest absolute Gasteiger partial charge is 0.356 e. The zero-order valence-electron chi connectivity index (χ0n) is 18.7. The Morgan fingerprint density at radius 1 is 1.21 bits per heavy atom. The van der Waals surface area contributed by atoms with Crippen LogP contribution in [0, 0.1) is 6.92 Å². The number of nitrogens with one attached hydrogen (secondary N) is 2. The second-order valence-corrected chi connectivity index (χ2v) is 8.32. The van der Waals surface area contributed by atoms with Crippen molar-refractivity contribution in [2.24, 2.45) is 4.99 Å². The smallest absolute Gasteiger partial charge is 0.191 e. The maximum atomic E-state index is 4.65. The molecule has 2 heterocycles. The average molecular weight is 389 g/mol. The number of piperidine rings is 1. The third-order valence-corrected chi connectivity index (χ3v) is 5.47. The van der Waals surface area contributed by atoms with Gasteiger partial charge in [-0.15, -0.1) is 0 Å². The maximum Gasteiger partial charge on any atom is 0.191 e. The zero-order chi connectivity index (χ0) is 20.5. The van der Waals surface area contributed by atoms with Gasteiger partial charge in [-0.05, 0) is 66.0 Å². The summed E-state index contributed by atoms with van der Waals surface area (Å²) in [7, 11) is 1.86. The first-order valence-electron chi connectivity index (χ1n) is 10.8. The molecule has 0 amide bonds. The quantitative estimate of drug-likeness (QED) is 0.407. The molecule has 0 aromatic carbocycles. The molecule has 0 aliphatic carbocycles. The van der Waals surface area contributed by atoms with Crippen LogP contribution in [0.4, 0.5) is 5.82 Å². The maximum absolute atomic E-state index is 4.65. The van der Waals surface area contributed by atoms with Gasteiger partial charge in [-0.25, -0.2) is 4.98 Å². The van der Waals surface area contributed by atoms with Gasteiger partial charge in [0.05, 0.1) is 0 Å². The summed E-state index contributed by atoms with van der Waals surface area (Å²) < 4.78 is 0. The van der Waals surface area contributed by atoms with Crippen LogP contribution in [0.3, 0.4) is 0 Å². The molecule has 0 bridgehead atoms. The first kappa shape index (κ1) is 22.5. The van der Waals surface area contributed by atoms with E-state index in [1.807, 2.05) is 7.05 Å². The van der Waals surface area contributed by atoms with E-state index < -0.39 is 0 Å². The molecular formula is C22H40N6. The van der Waals surface area contributed by atoms with Crippen LogP contribution in [-0.2, 0) is 0 Å². The molecule has 1 aliphatic rings. The second-order valence-electron chi connectivity index (χ2n) is 8.32. The van der Waals surface area contributed by atoms with Crippen LogP contribution in [0.5, 0.6) is 0 Å². The van der Waals surface area contributed by atoms with Gasteiger partial charge in [0.15, 0.2) is 5.96 Å². The molecule has 0 spiro atoms. The molecule has 0 atom stereocenters. The molecule has 0 radical (unpaired) electrons. The summed E-state index contributed by atoms with van der Waals surface area (Å²) in [5.41, 5.74) is 1.08. The highest BCUT2D eigenvalue weighted by Crippen LogP contribution is 2.18. The van der Waals surface area contributed by atoms with Crippen LogP contribution >= 0.6 is 0 Å². The van der Waals surface area contributed by atoms with E-state index in [9.17, 15) is 0 Å². The number of aromatic nitrogens is 1. The molecule has 6 nitrogen and oxygen atoms in total. The second kappa shape index (κ2) is 11.2. The molecule has 2 rings (SSSR count). The zero-order valence-corrected chi connectivity index (χ0v) is 18.7. The number of aliphatic imine (C=N–C) groups is 1. The van der Waals surface area contributed by atoms with Crippen molar-refractivity contribution in [2.75, 3.05) is 38.1 Å². The van der Waals surface area contributed by atoms with Gasteiger partial charge in [-0.3, -0.25) is 9.89 Å². The summed E-state index contributed by atoms with van der Waals surface area (Å²) in [5, 5.41) is 7.09. The number of anilines is 1. The van der Waals surface area contributed by atoms with Crippen molar-refractivity contribution in [3.63, 3.8) is 0 Å². The predicted molar refractivity (Wildman–Crippen MR) is 120 cm³/mol. The van der Waals surface area contributed by atoms with Crippen molar-refractivity contribution < 1.29 is 0 Å². The highest BCUT2D eigenvalue weighted by atomic mass is 15.2. The molecule has 158 valence electrons. The third-order valence-electron chi connectivity index (χ3n) is 5.47. The fourth-order valence-electron chi connectivity index (χ4n) is 3.93. The van der Waals surface area contributed by atoms with E-state index in [0.717, 1.165) is 62.9 Å². The third kappa shape index (κ3) is 6.97. The van der Waals surface area contributed by atoms with E-state index in [2.05, 4.69) is 83.2 Å². The van der Waals surface area contributed by atoms with E-state index in [4.69, 9.17) is 0 Å². The monoisotopic (exact) mass is 388 g/mol. The van der Waals surface area contributed by atoms with Crippen molar-refractivity contribution in [1.29, 1.82) is 0 Å². The van der Waals surface area contributed by atoms with Crippen molar-refractivity contribution in [3.8, 4) is 0 Å². The van der Waals surface area contributed by atoms with Crippen molar-refractivity contribution in [1.82, 2.24) is 20.5 Å². The summed E-state index contributed by atoms with van der Waals surface area (Å²) in [5.74, 6) is 2.02. The van der Waals surface area contributed by atoms with Gasteiger partial charge in [0.2, 0.25) is 0 Å². The molecule has 2 N–H and O–H groups in total. The molecule has 1 saturated heterocycles. The minimum absolute atomic E-state index is 0.468. The Bertz CT molecular complexity index is 597. The molecule has 0 unspecified atom stereocenters. The molecule has 1 aromatic rings. The Morgan fingerprint density at radius 2 is 1.89 bits per heavy atom. The molecule has 1 fully saturated rings. The molecular weight excluding hydrogens is 348 g/mol. The number of aryl methyl sites for hydroxylation is 1. The normalized spacial score (nSPS) is 16.3. The lowest BCUT2D eigenvalue weighted by Crippen LogP contribution is -2.49. The van der Waals surface area contributed by atoms with E-state index >= 15 is 0 Å². The number of hydrogen-bond acceptors (Lipinski definition) is 4. The summed E-state index contributed by atoms with van der Waals surface area (Å²) in [6.45, 7) is 15.3. The molecule has 28 heavy (non-hydrogen) atoms. The Labute approximate surface area is 171 Å². The summed E-state index contributed by atoms with van der Waals surface area (Å²) >= 11 is 0. The predicted octanol–water partition coefficient (Wildman–Crippen LogP) is 3.03. The highest BCUT2D eigenvalue weighted by molar-refractivity contribution is 5.79. The molecule has 6 heteroatoms. The minimum Gasteiger partial charge on any atom is -0.356 e. The fourth-order valence-corrected chi connectivity index (χ4v) is 3.93. The van der Waals surface area contributed by atoms with Gasteiger partial charge >= 0.3 is 0 Å². The minimum atomic E-state index is 0.468. The van der Waals surface area contributed by atoms with E-state index in [1.165, 1.54) is 0 Å². The molecule has 0 saturated carbocycles. The van der Waals surface area contributed by atoms with Crippen LogP contribution in [0.15, 0.2) is 23.2 Å². The van der Waals surface area contributed by atoms with E-state index in [1.54, 1.807) is 0 Å². The van der Waals surface area contributed by atoms with Crippen molar-refractivity contribution in [2.45, 2.75) is 72.0 Å². The molecule has 1 aromatic heterocycles. The Kier molecular flexibility index (Phi) is 9.03. The van der Waals surface area contributed by atoms with Crippen LogP contribution in [0.25, 0.3) is 0 Å². The number of rotatable bonds is 8. The molecule has 1 aliphatic heterocycles. The standard InChI is InChI=1S/C22H40N6/c1-17(2)28(18(3)4)14-8-13-24-22(23-6)26-20-11-15-27(16-12-20)21-10-7-9-19(5)25-21/h7,9-10,17-18,20H,8,11-16H2,1-6H3,(H2,23,24,26). The number of hydrogen-bond donors (Lipinski definition) is 2. The van der Waals surface area contributed by atoms with Gasteiger partial charge in [0, 0.05) is 57.0 Å². The number of guanidine groups is 1. The first-order valence-corrected chi connectivity index (χ1v) is 10.8. The first-order chi connectivity index (χ1) is 13.4. The van der Waals surface area contributed by atoms with Crippen molar-refractivity contribution in [3.05, 3.63) is 23.9 Å². The SMILES string of the molecule is CN=C(NCCCN(C(C)C)C(C)C)NC1CCN(c2cccc(C)n2)CC1. The van der Waals surface area contributed by atoms with Crippen LogP contribution in [0.1, 0.15) is 52.7 Å². The Morgan fingerprint density at radius 3 is 2.46 bits per heavy atom. The van der Waals surface area contributed by atoms with Gasteiger partial charge in [0.1, 0.15) is 5.82 Å². The van der Waals surface area contributed by atoms with Gasteiger partial charge in [-0.1, -0.05) is 6.07 Å². The number of nitrogens with zero attached hydrogens (tertiary/aromatic N) is 4. The summed E-state index contributed by atoms with van der Waals surface area (Å²) in [6, 6.07) is 7.90. The van der Waals surface area contributed by atoms with Crippen LogP contribution in [-0.4, -0.2) is 67.2 Å². The van der Waals surface area contributed by atoms with E-state index in [-0.39, 0.29) is 0 Å². The van der Waals surface area contributed by atoms with Gasteiger partial charge < -0.3 is 15.5 Å². The summed E-state index contributed by atoms with van der Waals surface area (Å²) in [4.78, 5) is 14.0. The number of pyridine rings is 1. The van der Waals surface area contributed by atoms with Crippen molar-refractivity contribution >= 4 is 11.8 Å². The lowest BCUT2D eigenvalue weighted by atomic mass is 10.1. The summed E-state index contributed by atoms with van der Waals surface area (Å²) in [6.07, 6.45) is 3.32. The average Bonchev–Trinajstić information content (AvgIpc) is 2.66. The fraction of sp³-hybridized carbons (Fsp3) is 0.727.